The van der Waals surface area contributed by atoms with Crippen LogP contribution in [-0.4, -0.2) is 23.4 Å². The van der Waals surface area contributed by atoms with E-state index in [4.69, 9.17) is 4.42 Å². The van der Waals surface area contributed by atoms with Crippen LogP contribution in [0.3, 0.4) is 0 Å². The summed E-state index contributed by atoms with van der Waals surface area (Å²) in [4.78, 5) is 4.25. The molecule has 3 heterocycles. The van der Waals surface area contributed by atoms with Gasteiger partial charge in [0.25, 0.3) is 0 Å². The first-order valence-corrected chi connectivity index (χ1v) is 10.2. The minimum atomic E-state index is -1.08. The van der Waals surface area contributed by atoms with E-state index in [2.05, 4.69) is 4.98 Å². The van der Waals surface area contributed by atoms with Crippen LogP contribution < -0.4 is 0 Å². The number of benzene rings is 1. The molecule has 1 atom stereocenters. The molecule has 1 N–H and O–H groups in total. The lowest BCUT2D eigenvalue weighted by molar-refractivity contribution is 0.467. The second-order valence-corrected chi connectivity index (χ2v) is 8.06. The van der Waals surface area contributed by atoms with E-state index in [0.717, 1.165) is 33.7 Å². The Morgan fingerprint density at radius 3 is 2.81 bits per heavy atom. The van der Waals surface area contributed by atoms with Gasteiger partial charge in [-0.15, -0.1) is 0 Å². The van der Waals surface area contributed by atoms with Crippen LogP contribution in [-0.2, 0) is 35.9 Å². The number of imidazole rings is 1. The molecule has 0 bridgehead atoms. The van der Waals surface area contributed by atoms with Gasteiger partial charge in [0.15, 0.2) is 0 Å². The third kappa shape index (κ3) is 3.42. The number of fused-ring (bicyclic) bond motifs is 1. The summed E-state index contributed by atoms with van der Waals surface area (Å²) < 4.78 is 21.9. The van der Waals surface area contributed by atoms with Crippen molar-refractivity contribution < 1.29 is 13.7 Å². The fourth-order valence-electron chi connectivity index (χ4n) is 3.33. The molecule has 140 valence electrons. The van der Waals surface area contributed by atoms with Crippen LogP contribution in [0.5, 0.6) is 5.75 Å². The zero-order chi connectivity index (χ0) is 19.0. The van der Waals surface area contributed by atoms with Crippen LogP contribution in [0.15, 0.2) is 53.4 Å². The van der Waals surface area contributed by atoms with E-state index in [1.54, 1.807) is 24.6 Å². The van der Waals surface area contributed by atoms with Gasteiger partial charge in [-0.25, -0.2) is 4.98 Å². The molecule has 1 aromatic carbocycles. The SMILES string of the molecule is Cc1nccn1Cc1c(O)ccc2c1cc(CS(=O)Cc1ccco1)n2C. The van der Waals surface area contributed by atoms with Crippen LogP contribution in [0.4, 0.5) is 0 Å². The average Bonchev–Trinajstić information content (AvgIpc) is 3.34. The predicted molar refractivity (Wildman–Crippen MR) is 105 cm³/mol. The fourth-order valence-corrected chi connectivity index (χ4v) is 4.52. The predicted octanol–water partition coefficient (Wildman–Crippen LogP) is 3.48. The summed E-state index contributed by atoms with van der Waals surface area (Å²) in [6, 6.07) is 9.28. The maximum atomic E-state index is 12.5. The van der Waals surface area contributed by atoms with Gasteiger partial charge < -0.3 is 18.7 Å². The quantitative estimate of drug-likeness (QED) is 0.553. The van der Waals surface area contributed by atoms with Crippen LogP contribution in [0, 0.1) is 6.92 Å². The molecule has 0 aliphatic heterocycles. The van der Waals surface area contributed by atoms with Gasteiger partial charge in [-0.2, -0.15) is 0 Å². The van der Waals surface area contributed by atoms with Crippen molar-refractivity contribution in [3.05, 3.63) is 71.8 Å². The molecule has 3 aromatic heterocycles. The lowest BCUT2D eigenvalue weighted by atomic mass is 10.1. The minimum Gasteiger partial charge on any atom is -0.508 e. The summed E-state index contributed by atoms with van der Waals surface area (Å²) in [5.74, 6) is 2.68. The summed E-state index contributed by atoms with van der Waals surface area (Å²) >= 11 is 0. The molecule has 0 radical (unpaired) electrons. The van der Waals surface area contributed by atoms with Crippen molar-refractivity contribution in [3.63, 3.8) is 0 Å². The number of aromatic nitrogens is 3. The number of rotatable bonds is 6. The second kappa shape index (κ2) is 7.08. The largest absolute Gasteiger partial charge is 0.508 e. The zero-order valence-electron chi connectivity index (χ0n) is 15.3. The lowest BCUT2D eigenvalue weighted by Gasteiger charge is -2.09. The third-order valence-electron chi connectivity index (χ3n) is 4.86. The van der Waals surface area contributed by atoms with Crippen molar-refractivity contribution in [1.29, 1.82) is 0 Å². The van der Waals surface area contributed by atoms with Gasteiger partial charge in [0.1, 0.15) is 17.3 Å². The number of nitrogens with zero attached hydrogens (tertiary/aromatic N) is 3. The summed E-state index contributed by atoms with van der Waals surface area (Å²) in [6.07, 6.45) is 5.24. The smallest absolute Gasteiger partial charge is 0.121 e. The van der Waals surface area contributed by atoms with Crippen molar-refractivity contribution in [2.75, 3.05) is 0 Å². The van der Waals surface area contributed by atoms with E-state index in [0.29, 0.717) is 18.1 Å². The molecular formula is C20H21N3O3S. The lowest BCUT2D eigenvalue weighted by Crippen LogP contribution is -2.03. The average molecular weight is 383 g/mol. The van der Waals surface area contributed by atoms with Gasteiger partial charge in [-0.1, -0.05) is 0 Å². The number of furan rings is 1. The zero-order valence-corrected chi connectivity index (χ0v) is 16.1. The molecule has 7 heteroatoms. The molecule has 0 aliphatic rings. The number of aromatic hydroxyl groups is 1. The van der Waals surface area contributed by atoms with Crippen molar-refractivity contribution >= 4 is 21.7 Å². The first-order chi connectivity index (χ1) is 13.0. The van der Waals surface area contributed by atoms with Crippen LogP contribution in [0.1, 0.15) is 22.8 Å². The normalized spacial score (nSPS) is 12.7. The van der Waals surface area contributed by atoms with E-state index >= 15 is 0 Å². The third-order valence-corrected chi connectivity index (χ3v) is 6.08. The Hall–Kier alpha value is -2.80. The molecule has 4 rings (SSSR count). The van der Waals surface area contributed by atoms with Gasteiger partial charge >= 0.3 is 0 Å². The number of phenolic OH excluding ortho intramolecular Hbond substituents is 1. The van der Waals surface area contributed by atoms with Crippen molar-refractivity contribution in [3.8, 4) is 5.75 Å². The van der Waals surface area contributed by atoms with E-state index in [1.807, 2.05) is 47.5 Å². The Bertz CT molecular complexity index is 1110. The molecule has 27 heavy (non-hydrogen) atoms. The van der Waals surface area contributed by atoms with Crippen LogP contribution in [0.25, 0.3) is 10.9 Å². The molecule has 0 spiro atoms. The standard InChI is InChI=1S/C20H21N3O3S/c1-14-21-7-8-23(14)11-18-17-10-15(22(2)19(17)5-6-20(18)24)12-27(25)13-16-4-3-9-26-16/h3-10,24H,11-13H2,1-2H3. The maximum Gasteiger partial charge on any atom is 0.121 e. The first-order valence-electron chi connectivity index (χ1n) is 8.67. The molecule has 0 saturated carbocycles. The molecule has 4 aromatic rings. The van der Waals surface area contributed by atoms with Gasteiger partial charge in [-0.3, -0.25) is 4.21 Å². The minimum absolute atomic E-state index is 0.254. The Morgan fingerprint density at radius 1 is 1.26 bits per heavy atom. The molecule has 0 amide bonds. The number of hydrogen-bond donors (Lipinski definition) is 1. The Morgan fingerprint density at radius 2 is 2.11 bits per heavy atom. The van der Waals surface area contributed by atoms with E-state index in [-0.39, 0.29) is 5.75 Å². The molecule has 0 fully saturated rings. The van der Waals surface area contributed by atoms with Crippen molar-refractivity contribution in [1.82, 2.24) is 14.1 Å². The topological polar surface area (TPSA) is 73.2 Å². The van der Waals surface area contributed by atoms with Crippen molar-refractivity contribution in [2.45, 2.75) is 25.0 Å². The highest BCUT2D eigenvalue weighted by Crippen LogP contribution is 2.31. The van der Waals surface area contributed by atoms with Gasteiger partial charge in [0.2, 0.25) is 0 Å². The number of hydrogen-bond acceptors (Lipinski definition) is 4. The van der Waals surface area contributed by atoms with E-state index in [9.17, 15) is 9.32 Å². The second-order valence-electron chi connectivity index (χ2n) is 6.60. The highest BCUT2D eigenvalue weighted by Gasteiger charge is 2.16. The Kier molecular flexibility index (Phi) is 4.61. The molecule has 0 aliphatic carbocycles. The number of aryl methyl sites for hydroxylation is 2. The Labute approximate surface area is 159 Å². The Balaban J connectivity index is 1.67. The molecular weight excluding hydrogens is 362 g/mol. The van der Waals surface area contributed by atoms with E-state index in [1.165, 1.54) is 0 Å². The first kappa shape index (κ1) is 17.6. The molecule has 6 nitrogen and oxygen atoms in total. The summed E-state index contributed by atoms with van der Waals surface area (Å²) in [7, 11) is 0.887. The van der Waals surface area contributed by atoms with Crippen LogP contribution in [0.2, 0.25) is 0 Å². The van der Waals surface area contributed by atoms with Crippen LogP contribution >= 0.6 is 0 Å². The fraction of sp³-hybridized carbons (Fsp3) is 0.250. The van der Waals surface area contributed by atoms with Crippen molar-refractivity contribution in [2.24, 2.45) is 7.05 Å². The molecule has 0 saturated heterocycles. The number of phenols is 1. The van der Waals surface area contributed by atoms with Gasteiger partial charge in [0, 0.05) is 52.4 Å². The summed E-state index contributed by atoms with van der Waals surface area (Å²) in [6.45, 7) is 2.47. The van der Waals surface area contributed by atoms with Gasteiger partial charge in [-0.05, 0) is 37.3 Å². The van der Waals surface area contributed by atoms with Gasteiger partial charge in [0.05, 0.1) is 24.3 Å². The highest BCUT2D eigenvalue weighted by molar-refractivity contribution is 7.83. The summed E-state index contributed by atoms with van der Waals surface area (Å²) in [5.41, 5.74) is 2.81. The monoisotopic (exact) mass is 383 g/mol. The summed E-state index contributed by atoms with van der Waals surface area (Å²) in [5, 5.41) is 11.4. The highest BCUT2D eigenvalue weighted by atomic mass is 32.2. The van der Waals surface area contributed by atoms with E-state index < -0.39 is 10.8 Å². The maximum absolute atomic E-state index is 12.5. The molecule has 1 unspecified atom stereocenters.